The lowest BCUT2D eigenvalue weighted by Gasteiger charge is -2.30. The maximum Gasteiger partial charge on any atom is 0.416 e. The number of imide groups is 1. The standard InChI is InChI=1S/C27H27N7O6S.C14H17NO5/c35-23-20-3-1-2-4-21(20)24(36)33(23)18-9-10-22(28-15-18)40-27(39)32-13-11-19(12-14-32)41-26-29-30-31-34(26)17-7-5-16(6-8-17)25(37)38;16-13(17)9-10-1-3-11(4-2-10)20-12-5-7-15(8-6-12)14(18)19/h5-10,15,19-21H,1-4,11-14H2,(H,37,38);1-4,12H,5-9H2,(H,16,17)(H,18,19). The van der Waals surface area contributed by atoms with Crippen LogP contribution in [0.4, 0.5) is 15.3 Å². The van der Waals surface area contributed by atoms with Gasteiger partial charge in [-0.05, 0) is 84.1 Å². The summed E-state index contributed by atoms with van der Waals surface area (Å²) in [5.74, 6) is -1.91. The van der Waals surface area contributed by atoms with Crippen molar-refractivity contribution in [3.63, 3.8) is 0 Å². The summed E-state index contributed by atoms with van der Waals surface area (Å²) in [6.07, 6.45) is 6.13. The molecule has 1 aliphatic carbocycles. The molecule has 61 heavy (non-hydrogen) atoms. The molecule has 3 aliphatic heterocycles. The fraction of sp³-hybridized carbons (Fsp3) is 0.415. The number of carbonyl (C=O) groups excluding carboxylic acids is 3. The first-order valence-corrected chi connectivity index (χ1v) is 20.9. The van der Waals surface area contributed by atoms with Gasteiger partial charge in [0.1, 0.15) is 11.9 Å². The van der Waals surface area contributed by atoms with Gasteiger partial charge >= 0.3 is 24.1 Å². The van der Waals surface area contributed by atoms with E-state index in [1.165, 1.54) is 46.0 Å². The fourth-order valence-corrected chi connectivity index (χ4v) is 8.89. The van der Waals surface area contributed by atoms with Crippen molar-refractivity contribution in [2.45, 2.75) is 74.3 Å². The summed E-state index contributed by atoms with van der Waals surface area (Å²) in [5.41, 5.74) is 1.95. The molecule has 4 aromatic rings. The largest absolute Gasteiger partial charge is 0.490 e. The minimum Gasteiger partial charge on any atom is -0.490 e. The van der Waals surface area contributed by atoms with Crippen LogP contribution < -0.4 is 14.4 Å². The van der Waals surface area contributed by atoms with Gasteiger partial charge in [-0.25, -0.2) is 24.3 Å². The molecule has 2 unspecified atom stereocenters. The second kappa shape index (κ2) is 19.2. The van der Waals surface area contributed by atoms with E-state index in [-0.39, 0.29) is 52.9 Å². The molecule has 5 heterocycles. The van der Waals surface area contributed by atoms with E-state index in [1.807, 2.05) is 0 Å². The Morgan fingerprint density at radius 3 is 1.93 bits per heavy atom. The first-order valence-electron chi connectivity index (χ1n) is 20.0. The summed E-state index contributed by atoms with van der Waals surface area (Å²) in [7, 11) is 0. The molecule has 19 nitrogen and oxygen atoms in total. The van der Waals surface area contributed by atoms with Gasteiger partial charge in [0, 0.05) is 50.3 Å². The van der Waals surface area contributed by atoms with Crippen LogP contribution in [-0.4, -0.2) is 124 Å². The van der Waals surface area contributed by atoms with Crippen molar-refractivity contribution < 1.29 is 53.6 Å². The number of likely N-dealkylation sites (tertiary alicyclic amines) is 2. The molecule has 20 heteroatoms. The number of aliphatic carboxylic acids is 1. The number of aromatic nitrogens is 5. The SMILES string of the molecule is O=C(O)Cc1ccc(OC2CCN(C(=O)O)CC2)cc1.O=C(O)c1ccc(-n2nnnc2SC2CCN(C(=O)Oc3ccc(N4C(=O)C5CCCCC5C4=O)cn3)CC2)cc1. The Kier molecular flexibility index (Phi) is 13.4. The zero-order valence-electron chi connectivity index (χ0n) is 32.9. The van der Waals surface area contributed by atoms with Crippen molar-refractivity contribution in [2.75, 3.05) is 31.1 Å². The number of hydrogen-bond acceptors (Lipinski definition) is 13. The number of piperidine rings is 2. The average molecular weight is 857 g/mol. The number of thioether (sulfide) groups is 1. The molecule has 4 aliphatic rings. The highest BCUT2D eigenvalue weighted by Crippen LogP contribution is 2.40. The van der Waals surface area contributed by atoms with Crippen molar-refractivity contribution >= 4 is 53.4 Å². The van der Waals surface area contributed by atoms with E-state index < -0.39 is 24.1 Å². The Morgan fingerprint density at radius 1 is 0.738 bits per heavy atom. The van der Waals surface area contributed by atoms with Gasteiger partial charge in [-0.3, -0.25) is 14.4 Å². The Morgan fingerprint density at radius 2 is 1.36 bits per heavy atom. The van der Waals surface area contributed by atoms with E-state index in [0.29, 0.717) is 74.1 Å². The molecule has 8 rings (SSSR count). The summed E-state index contributed by atoms with van der Waals surface area (Å²) in [6, 6.07) is 16.4. The van der Waals surface area contributed by atoms with Crippen LogP contribution in [0.3, 0.4) is 0 Å². The number of benzene rings is 2. The highest BCUT2D eigenvalue weighted by atomic mass is 32.2. The van der Waals surface area contributed by atoms with Crippen molar-refractivity contribution in [1.29, 1.82) is 0 Å². The number of carbonyl (C=O) groups is 6. The molecule has 2 atom stereocenters. The molecule has 0 spiro atoms. The van der Waals surface area contributed by atoms with Crippen LogP contribution in [0.25, 0.3) is 5.69 Å². The van der Waals surface area contributed by atoms with Crippen LogP contribution >= 0.6 is 11.8 Å². The van der Waals surface area contributed by atoms with Crippen LogP contribution in [-0.2, 0) is 20.8 Å². The van der Waals surface area contributed by atoms with Gasteiger partial charge in [0.05, 0.1) is 41.4 Å². The lowest BCUT2D eigenvalue weighted by Crippen LogP contribution is -2.41. The third kappa shape index (κ3) is 10.4. The molecule has 4 amide bonds. The van der Waals surface area contributed by atoms with Crippen molar-refractivity contribution in [1.82, 2.24) is 35.0 Å². The topological polar surface area (TPSA) is 248 Å². The molecular formula is C41H44N8O11S. The number of nitrogens with zero attached hydrogens (tertiary/aromatic N) is 8. The highest BCUT2D eigenvalue weighted by molar-refractivity contribution is 7.99. The number of amides is 4. The predicted molar refractivity (Wildman–Crippen MR) is 216 cm³/mol. The minimum atomic E-state index is -1.01. The number of aromatic carboxylic acids is 1. The lowest BCUT2D eigenvalue weighted by molar-refractivity contribution is -0.136. The summed E-state index contributed by atoms with van der Waals surface area (Å²) >= 11 is 1.50. The average Bonchev–Trinajstić information content (AvgIpc) is 3.83. The third-order valence-electron chi connectivity index (χ3n) is 11.1. The second-order valence-electron chi connectivity index (χ2n) is 15.1. The van der Waals surface area contributed by atoms with E-state index in [0.717, 1.165) is 31.2 Å². The van der Waals surface area contributed by atoms with E-state index in [2.05, 4.69) is 20.5 Å². The van der Waals surface area contributed by atoms with Crippen molar-refractivity contribution in [2.24, 2.45) is 11.8 Å². The van der Waals surface area contributed by atoms with Crippen LogP contribution in [0.2, 0.25) is 0 Å². The number of pyridine rings is 1. The zero-order valence-corrected chi connectivity index (χ0v) is 33.8. The predicted octanol–water partition coefficient (Wildman–Crippen LogP) is 5.03. The van der Waals surface area contributed by atoms with E-state index in [1.54, 1.807) is 52.0 Å². The van der Waals surface area contributed by atoms with Gasteiger partial charge in [-0.2, -0.15) is 4.68 Å². The molecule has 3 N–H and O–H groups in total. The first-order chi connectivity index (χ1) is 29.4. The molecule has 0 bridgehead atoms. The number of anilines is 1. The Hall–Kier alpha value is -6.57. The van der Waals surface area contributed by atoms with Gasteiger partial charge in [-0.1, -0.05) is 36.7 Å². The van der Waals surface area contributed by atoms with Gasteiger partial charge in [0.15, 0.2) is 0 Å². The fourth-order valence-electron chi connectivity index (χ4n) is 7.82. The van der Waals surface area contributed by atoms with Gasteiger partial charge < -0.3 is 34.6 Å². The molecule has 4 fully saturated rings. The maximum atomic E-state index is 12.8. The van der Waals surface area contributed by atoms with Gasteiger partial charge in [-0.15, -0.1) is 5.10 Å². The minimum absolute atomic E-state index is 0.00270. The normalized spacial score (nSPS) is 19.4. The summed E-state index contributed by atoms with van der Waals surface area (Å²) in [5, 5.41) is 39.3. The number of tetrazole rings is 1. The first kappa shape index (κ1) is 42.6. The van der Waals surface area contributed by atoms with E-state index in [4.69, 9.17) is 24.8 Å². The van der Waals surface area contributed by atoms with Crippen LogP contribution in [0, 0.1) is 11.8 Å². The number of rotatable bonds is 10. The van der Waals surface area contributed by atoms with E-state index >= 15 is 0 Å². The number of carboxylic acid groups (broad SMARTS) is 3. The van der Waals surface area contributed by atoms with Gasteiger partial charge in [0.25, 0.3) is 0 Å². The molecule has 1 saturated carbocycles. The smallest absolute Gasteiger partial charge is 0.416 e. The molecule has 2 aromatic heterocycles. The number of fused-ring (bicyclic) bond motifs is 1. The number of carboxylic acids is 2. The summed E-state index contributed by atoms with van der Waals surface area (Å²) in [6.45, 7) is 1.92. The van der Waals surface area contributed by atoms with Crippen molar-refractivity contribution in [3.05, 3.63) is 78.0 Å². The van der Waals surface area contributed by atoms with Crippen LogP contribution in [0.5, 0.6) is 11.6 Å². The molecule has 0 radical (unpaired) electrons. The molecular weight excluding hydrogens is 813 g/mol. The molecule has 3 saturated heterocycles. The lowest BCUT2D eigenvalue weighted by atomic mass is 9.81. The number of hydrogen-bond donors (Lipinski definition) is 3. The van der Waals surface area contributed by atoms with Crippen LogP contribution in [0.1, 0.15) is 67.3 Å². The monoisotopic (exact) mass is 856 g/mol. The highest BCUT2D eigenvalue weighted by Gasteiger charge is 2.48. The maximum absolute atomic E-state index is 12.8. The quantitative estimate of drug-likeness (QED) is 0.177. The Bertz CT molecular complexity index is 2200. The second-order valence-corrected chi connectivity index (χ2v) is 16.3. The Balaban J connectivity index is 0.000000236. The Labute approximate surface area is 353 Å². The summed E-state index contributed by atoms with van der Waals surface area (Å²) < 4.78 is 12.8. The zero-order chi connectivity index (χ0) is 43.0. The molecule has 2 aromatic carbocycles. The van der Waals surface area contributed by atoms with E-state index in [9.17, 15) is 28.8 Å². The molecule has 320 valence electrons. The third-order valence-corrected chi connectivity index (χ3v) is 12.3. The van der Waals surface area contributed by atoms with Crippen molar-refractivity contribution in [3.8, 4) is 17.3 Å². The summed E-state index contributed by atoms with van der Waals surface area (Å²) in [4.78, 5) is 79.3. The number of ether oxygens (including phenoxy) is 2. The van der Waals surface area contributed by atoms with Crippen LogP contribution in [0.15, 0.2) is 72.0 Å². The van der Waals surface area contributed by atoms with Gasteiger partial charge in [0.2, 0.25) is 22.9 Å².